The molecule has 1 aliphatic carbocycles. The van der Waals surface area contributed by atoms with Gasteiger partial charge < -0.3 is 0 Å². The number of alkyl halides is 2. The third-order valence-electron chi connectivity index (χ3n) is 3.13. The molecule has 0 saturated heterocycles. The van der Waals surface area contributed by atoms with Crippen LogP contribution in [-0.2, 0) is 0 Å². The first-order valence-electron chi connectivity index (χ1n) is 5.73. The minimum Gasteiger partial charge on any atom is -0.211 e. The van der Waals surface area contributed by atoms with E-state index in [2.05, 4.69) is 19.1 Å². The van der Waals surface area contributed by atoms with Gasteiger partial charge in [-0.15, -0.1) is 0 Å². The van der Waals surface area contributed by atoms with Gasteiger partial charge in [-0.1, -0.05) is 17.7 Å². The molecule has 0 aliphatic heterocycles. The molecule has 1 aliphatic rings. The highest BCUT2D eigenvalue weighted by molar-refractivity contribution is 5.26. The molecule has 1 rings (SSSR count). The van der Waals surface area contributed by atoms with Crippen molar-refractivity contribution in [3.63, 3.8) is 0 Å². The first-order chi connectivity index (χ1) is 7.13. The predicted molar refractivity (Wildman–Crippen MR) is 60.1 cm³/mol. The van der Waals surface area contributed by atoms with E-state index in [1.165, 1.54) is 11.1 Å². The molecule has 0 fully saturated rings. The minimum absolute atomic E-state index is 0.0664. The van der Waals surface area contributed by atoms with Crippen molar-refractivity contribution in [1.29, 1.82) is 0 Å². The normalized spacial score (nSPS) is 23.1. The van der Waals surface area contributed by atoms with E-state index in [4.69, 9.17) is 0 Å². The molecule has 0 aromatic rings. The van der Waals surface area contributed by atoms with E-state index in [9.17, 15) is 8.78 Å². The highest BCUT2D eigenvalue weighted by Gasteiger charge is 2.18. The Bertz CT molecular complexity index is 251. The van der Waals surface area contributed by atoms with Crippen molar-refractivity contribution in [2.24, 2.45) is 5.92 Å². The van der Waals surface area contributed by atoms with Crippen molar-refractivity contribution in [3.05, 3.63) is 23.3 Å². The molecule has 86 valence electrons. The summed E-state index contributed by atoms with van der Waals surface area (Å²) < 4.78 is 24.1. The van der Waals surface area contributed by atoms with Gasteiger partial charge in [-0.05, 0) is 51.0 Å². The lowest BCUT2D eigenvalue weighted by Crippen LogP contribution is -2.10. The molecule has 1 unspecified atom stereocenters. The maximum atomic E-state index is 12.1. The van der Waals surface area contributed by atoms with Crippen LogP contribution in [0, 0.1) is 5.92 Å². The average molecular weight is 214 g/mol. The largest absolute Gasteiger partial charge is 0.238 e. The number of hydrogen-bond acceptors (Lipinski definition) is 0. The smallest absolute Gasteiger partial charge is 0.211 e. The Kier molecular flexibility index (Phi) is 5.00. The predicted octanol–water partition coefficient (Wildman–Crippen LogP) is 4.72. The maximum Gasteiger partial charge on any atom is 0.238 e. The van der Waals surface area contributed by atoms with Crippen LogP contribution in [0.5, 0.6) is 0 Å². The Hall–Kier alpha value is -0.660. The minimum atomic E-state index is -2.13. The molecular weight excluding hydrogens is 194 g/mol. The number of rotatable bonds is 4. The van der Waals surface area contributed by atoms with Crippen molar-refractivity contribution < 1.29 is 8.78 Å². The molecular formula is C13H20F2. The van der Waals surface area contributed by atoms with Crippen LogP contribution in [0.15, 0.2) is 23.3 Å². The van der Waals surface area contributed by atoms with Crippen LogP contribution in [0.2, 0.25) is 0 Å². The highest BCUT2D eigenvalue weighted by atomic mass is 19.3. The van der Waals surface area contributed by atoms with Gasteiger partial charge in [0.15, 0.2) is 0 Å². The van der Waals surface area contributed by atoms with Crippen LogP contribution in [0.4, 0.5) is 8.78 Å². The zero-order chi connectivity index (χ0) is 11.3. The fourth-order valence-corrected chi connectivity index (χ4v) is 2.27. The van der Waals surface area contributed by atoms with E-state index >= 15 is 0 Å². The summed E-state index contributed by atoms with van der Waals surface area (Å²) >= 11 is 0. The zero-order valence-electron chi connectivity index (χ0n) is 9.60. The van der Waals surface area contributed by atoms with E-state index in [-0.39, 0.29) is 6.42 Å². The molecule has 0 aromatic carbocycles. The van der Waals surface area contributed by atoms with Gasteiger partial charge in [-0.3, -0.25) is 0 Å². The third-order valence-corrected chi connectivity index (χ3v) is 3.13. The second-order valence-corrected chi connectivity index (χ2v) is 4.38. The van der Waals surface area contributed by atoms with Crippen molar-refractivity contribution in [3.8, 4) is 0 Å². The summed E-state index contributed by atoms with van der Waals surface area (Å²) in [5.41, 5.74) is 2.80. The van der Waals surface area contributed by atoms with Crippen LogP contribution in [-0.4, -0.2) is 6.43 Å². The van der Waals surface area contributed by atoms with E-state index in [0.29, 0.717) is 12.3 Å². The molecule has 0 saturated carbocycles. The van der Waals surface area contributed by atoms with Gasteiger partial charge in [0.25, 0.3) is 0 Å². The monoisotopic (exact) mass is 214 g/mol. The SMILES string of the molecule is C/C=C\C1=C(C)CC(CCC(F)F)CC1. The third kappa shape index (κ3) is 4.15. The second-order valence-electron chi connectivity index (χ2n) is 4.38. The summed E-state index contributed by atoms with van der Waals surface area (Å²) in [6.45, 7) is 4.15. The number of hydrogen-bond donors (Lipinski definition) is 0. The summed E-state index contributed by atoms with van der Waals surface area (Å²) in [6.07, 6.45) is 5.96. The van der Waals surface area contributed by atoms with Gasteiger partial charge in [-0.25, -0.2) is 8.78 Å². The summed E-state index contributed by atoms with van der Waals surface area (Å²) in [7, 11) is 0. The fourth-order valence-electron chi connectivity index (χ4n) is 2.27. The maximum absolute atomic E-state index is 12.1. The molecule has 0 N–H and O–H groups in total. The zero-order valence-corrected chi connectivity index (χ0v) is 9.60. The van der Waals surface area contributed by atoms with E-state index in [1.807, 2.05) is 6.92 Å². The van der Waals surface area contributed by atoms with Gasteiger partial charge in [0.05, 0.1) is 0 Å². The molecule has 15 heavy (non-hydrogen) atoms. The van der Waals surface area contributed by atoms with Gasteiger partial charge >= 0.3 is 0 Å². The molecule has 0 spiro atoms. The average Bonchev–Trinajstić information content (AvgIpc) is 2.19. The summed E-state index contributed by atoms with van der Waals surface area (Å²) in [5, 5.41) is 0. The van der Waals surface area contributed by atoms with Crippen LogP contribution in [0.25, 0.3) is 0 Å². The first-order valence-corrected chi connectivity index (χ1v) is 5.73. The standard InChI is InChI=1S/C13H20F2/c1-3-4-12-7-5-11(9-10(12)2)6-8-13(14)15/h3-4,11,13H,5-9H2,1-2H3/b4-3-. The van der Waals surface area contributed by atoms with Crippen molar-refractivity contribution in [2.75, 3.05) is 0 Å². The van der Waals surface area contributed by atoms with Gasteiger partial charge in [0.2, 0.25) is 6.43 Å². The molecule has 0 nitrogen and oxygen atoms in total. The quantitative estimate of drug-likeness (QED) is 0.635. The summed E-state index contributed by atoms with van der Waals surface area (Å²) in [4.78, 5) is 0. The first kappa shape index (κ1) is 12.4. The van der Waals surface area contributed by atoms with Gasteiger partial charge in [0.1, 0.15) is 0 Å². The van der Waals surface area contributed by atoms with Crippen molar-refractivity contribution >= 4 is 0 Å². The van der Waals surface area contributed by atoms with Crippen molar-refractivity contribution in [2.45, 2.75) is 52.4 Å². The summed E-state index contributed by atoms with van der Waals surface area (Å²) in [5.74, 6) is 0.480. The van der Waals surface area contributed by atoms with E-state index in [0.717, 1.165) is 19.3 Å². The molecule has 0 heterocycles. The van der Waals surface area contributed by atoms with Crippen LogP contribution in [0.1, 0.15) is 46.0 Å². The molecule has 0 amide bonds. The number of halogens is 2. The van der Waals surface area contributed by atoms with E-state index in [1.54, 1.807) is 0 Å². The Morgan fingerprint density at radius 1 is 1.47 bits per heavy atom. The lowest BCUT2D eigenvalue weighted by molar-refractivity contribution is 0.126. The van der Waals surface area contributed by atoms with Gasteiger partial charge in [-0.2, -0.15) is 0 Å². The Morgan fingerprint density at radius 3 is 2.73 bits per heavy atom. The lowest BCUT2D eigenvalue weighted by atomic mass is 9.82. The Labute approximate surface area is 91.1 Å². The molecule has 0 aromatic heterocycles. The van der Waals surface area contributed by atoms with Gasteiger partial charge in [0, 0.05) is 6.42 Å². The Balaban J connectivity index is 2.44. The van der Waals surface area contributed by atoms with E-state index < -0.39 is 6.43 Å². The highest BCUT2D eigenvalue weighted by Crippen LogP contribution is 2.33. The fraction of sp³-hybridized carbons (Fsp3) is 0.692. The Morgan fingerprint density at radius 2 is 2.20 bits per heavy atom. The number of allylic oxidation sites excluding steroid dienone is 4. The topological polar surface area (TPSA) is 0 Å². The van der Waals surface area contributed by atoms with Crippen LogP contribution in [0.3, 0.4) is 0 Å². The molecule has 1 atom stereocenters. The van der Waals surface area contributed by atoms with Crippen LogP contribution >= 0.6 is 0 Å². The van der Waals surface area contributed by atoms with Crippen LogP contribution < -0.4 is 0 Å². The molecule has 0 radical (unpaired) electrons. The summed E-state index contributed by atoms with van der Waals surface area (Å²) in [6, 6.07) is 0. The second kappa shape index (κ2) is 6.04. The molecule has 0 bridgehead atoms. The van der Waals surface area contributed by atoms with Crippen molar-refractivity contribution in [1.82, 2.24) is 0 Å². The lowest BCUT2D eigenvalue weighted by Gasteiger charge is -2.24. The molecule has 2 heteroatoms.